The van der Waals surface area contributed by atoms with Gasteiger partial charge in [-0.05, 0) is 17.7 Å². The van der Waals surface area contributed by atoms with Crippen LogP contribution in [-0.2, 0) is 14.3 Å². The van der Waals surface area contributed by atoms with Crippen LogP contribution in [0.5, 0.6) is 0 Å². The van der Waals surface area contributed by atoms with Gasteiger partial charge in [0.05, 0.1) is 11.1 Å². The van der Waals surface area contributed by atoms with Gasteiger partial charge in [0.15, 0.2) is 0 Å². The van der Waals surface area contributed by atoms with Gasteiger partial charge in [-0.3, -0.25) is 14.4 Å². The first kappa shape index (κ1) is 15.0. The van der Waals surface area contributed by atoms with E-state index in [0.717, 1.165) is 0 Å². The number of hydrogen-bond acceptors (Lipinski definition) is 5. The Balaban J connectivity index is 1.92. The molecule has 0 N–H and O–H groups in total. The fourth-order valence-electron chi connectivity index (χ4n) is 2.30. The van der Waals surface area contributed by atoms with Crippen molar-refractivity contribution >= 4 is 25.8 Å². The molecule has 0 aliphatic carbocycles. The zero-order valence-electron chi connectivity index (χ0n) is 11.8. The third kappa shape index (κ3) is 2.62. The first-order chi connectivity index (χ1) is 11.1. The molecule has 0 spiro atoms. The number of nitrogens with zero attached hydrogens (tertiary/aromatic N) is 1. The Labute approximate surface area is 133 Å². The zero-order chi connectivity index (χ0) is 16.4. The Morgan fingerprint density at radius 3 is 1.96 bits per heavy atom. The maximum absolute atomic E-state index is 12.3. The summed E-state index contributed by atoms with van der Waals surface area (Å²) in [6, 6.07) is 14.6. The number of carbonyl (C=O) groups excluding carboxylic acids is 3. The first-order valence-electron chi connectivity index (χ1n) is 6.73. The van der Waals surface area contributed by atoms with Crippen LogP contribution >= 0.6 is 0 Å². The molecule has 0 saturated heterocycles. The minimum atomic E-state index is -1.33. The fourth-order valence-corrected chi connectivity index (χ4v) is 2.30. The van der Waals surface area contributed by atoms with Gasteiger partial charge in [0.1, 0.15) is 0 Å². The van der Waals surface area contributed by atoms with E-state index in [9.17, 15) is 14.4 Å². The molecule has 0 saturated carbocycles. The summed E-state index contributed by atoms with van der Waals surface area (Å²) in [5.41, 5.74) is 0.829. The van der Waals surface area contributed by atoms with Crippen molar-refractivity contribution in [3.63, 3.8) is 0 Å². The molecule has 0 bridgehead atoms. The second-order valence-electron chi connectivity index (χ2n) is 4.78. The monoisotopic (exact) mass is 307 g/mol. The molecule has 0 unspecified atom stereocenters. The van der Waals surface area contributed by atoms with E-state index in [1.165, 1.54) is 12.1 Å². The maximum Gasteiger partial charge on any atom is 0.378 e. The number of hydroxylamine groups is 2. The van der Waals surface area contributed by atoms with Crippen LogP contribution in [0.1, 0.15) is 32.4 Å². The van der Waals surface area contributed by atoms with E-state index in [1.54, 1.807) is 42.5 Å². The minimum absolute atomic E-state index is 0.213. The SMILES string of the molecule is [B]OC(=O)[C@@H](ON1C(=O)c2ccccc2C1=O)c1ccccc1. The molecule has 2 aromatic rings. The van der Waals surface area contributed by atoms with E-state index in [1.807, 2.05) is 0 Å². The average molecular weight is 307 g/mol. The molecule has 2 radical (unpaired) electrons. The van der Waals surface area contributed by atoms with E-state index < -0.39 is 23.9 Å². The van der Waals surface area contributed by atoms with Crippen LogP contribution in [-0.4, -0.2) is 30.9 Å². The van der Waals surface area contributed by atoms with E-state index in [2.05, 4.69) is 4.65 Å². The summed E-state index contributed by atoms with van der Waals surface area (Å²) in [5.74, 6) is -2.21. The van der Waals surface area contributed by atoms with Gasteiger partial charge in [-0.25, -0.2) is 4.84 Å². The van der Waals surface area contributed by atoms with E-state index >= 15 is 0 Å². The summed E-state index contributed by atoms with van der Waals surface area (Å²) >= 11 is 0. The molecule has 3 rings (SSSR count). The van der Waals surface area contributed by atoms with Crippen LogP contribution in [0, 0.1) is 0 Å². The minimum Gasteiger partial charge on any atom is -0.541 e. The molecule has 6 nitrogen and oxygen atoms in total. The summed E-state index contributed by atoms with van der Waals surface area (Å²) < 4.78 is 4.21. The summed E-state index contributed by atoms with van der Waals surface area (Å²) in [5, 5.41) is 0.555. The van der Waals surface area contributed by atoms with Gasteiger partial charge in [0, 0.05) is 0 Å². The lowest BCUT2D eigenvalue weighted by atomic mass is 10.1. The van der Waals surface area contributed by atoms with Crippen molar-refractivity contribution in [3.8, 4) is 0 Å². The standard InChI is InChI=1S/C16H10BNO5/c17-22-16(21)13(10-6-2-1-3-7-10)23-18-14(19)11-8-4-5-9-12(11)15(18)20/h1-9,13H/t13-/m0/s1. The molecule has 0 fully saturated rings. The number of fused-ring (bicyclic) bond motifs is 1. The Morgan fingerprint density at radius 2 is 1.43 bits per heavy atom. The third-order valence-corrected chi connectivity index (χ3v) is 3.40. The quantitative estimate of drug-likeness (QED) is 0.633. The fraction of sp³-hybridized carbons (Fsp3) is 0.0625. The van der Waals surface area contributed by atoms with Crippen molar-refractivity contribution < 1.29 is 23.9 Å². The van der Waals surface area contributed by atoms with Gasteiger partial charge >= 0.3 is 14.0 Å². The normalized spacial score (nSPS) is 14.5. The lowest BCUT2D eigenvalue weighted by molar-refractivity contribution is -0.173. The van der Waals surface area contributed by atoms with Crippen molar-refractivity contribution in [3.05, 3.63) is 71.3 Å². The average Bonchev–Trinajstić information content (AvgIpc) is 2.84. The van der Waals surface area contributed by atoms with E-state index in [-0.39, 0.29) is 11.1 Å². The van der Waals surface area contributed by atoms with Crippen LogP contribution in [0.15, 0.2) is 54.6 Å². The lowest BCUT2D eigenvalue weighted by Gasteiger charge is -2.21. The molecule has 1 heterocycles. The van der Waals surface area contributed by atoms with E-state index in [0.29, 0.717) is 10.6 Å². The van der Waals surface area contributed by atoms with Crippen LogP contribution in [0.3, 0.4) is 0 Å². The second-order valence-corrected chi connectivity index (χ2v) is 4.78. The molecular weight excluding hydrogens is 297 g/mol. The van der Waals surface area contributed by atoms with Crippen molar-refractivity contribution in [2.24, 2.45) is 0 Å². The Hall–Kier alpha value is -2.93. The molecule has 2 amide bonds. The van der Waals surface area contributed by atoms with Crippen molar-refractivity contribution in [1.82, 2.24) is 5.06 Å². The number of amides is 2. The number of hydrogen-bond donors (Lipinski definition) is 0. The molecular formula is C16H10BNO5. The van der Waals surface area contributed by atoms with Gasteiger partial charge < -0.3 is 4.65 Å². The molecule has 0 aromatic heterocycles. The van der Waals surface area contributed by atoms with Crippen molar-refractivity contribution in [2.45, 2.75) is 6.10 Å². The summed E-state index contributed by atoms with van der Waals surface area (Å²) in [6.45, 7) is 0. The molecule has 23 heavy (non-hydrogen) atoms. The van der Waals surface area contributed by atoms with Gasteiger partial charge in [0.2, 0.25) is 6.10 Å². The smallest absolute Gasteiger partial charge is 0.378 e. The van der Waals surface area contributed by atoms with Gasteiger partial charge in [-0.1, -0.05) is 42.5 Å². The number of rotatable bonds is 4. The first-order valence-corrected chi connectivity index (χ1v) is 6.73. The van der Waals surface area contributed by atoms with Crippen LogP contribution in [0.2, 0.25) is 0 Å². The highest BCUT2D eigenvalue weighted by atomic mass is 16.7. The van der Waals surface area contributed by atoms with Crippen molar-refractivity contribution in [2.75, 3.05) is 0 Å². The Bertz CT molecular complexity index is 742. The molecule has 1 aliphatic rings. The Morgan fingerprint density at radius 1 is 0.913 bits per heavy atom. The van der Waals surface area contributed by atoms with Crippen LogP contribution < -0.4 is 0 Å². The summed E-state index contributed by atoms with van der Waals surface area (Å²) in [4.78, 5) is 41.8. The Kier molecular flexibility index (Phi) is 3.95. The largest absolute Gasteiger partial charge is 0.541 e. The highest BCUT2D eigenvalue weighted by Gasteiger charge is 2.39. The third-order valence-electron chi connectivity index (χ3n) is 3.40. The highest BCUT2D eigenvalue weighted by molar-refractivity contribution is 6.20. The summed E-state index contributed by atoms with van der Waals surface area (Å²) in [7, 11) is 4.92. The summed E-state index contributed by atoms with van der Waals surface area (Å²) in [6.07, 6.45) is -1.33. The molecule has 112 valence electrons. The molecule has 1 atom stereocenters. The predicted octanol–water partition coefficient (Wildman–Crippen LogP) is 1.58. The molecule has 2 aromatic carbocycles. The highest BCUT2D eigenvalue weighted by Crippen LogP contribution is 2.27. The molecule has 7 heteroatoms. The zero-order valence-corrected chi connectivity index (χ0v) is 11.8. The van der Waals surface area contributed by atoms with Crippen LogP contribution in [0.4, 0.5) is 0 Å². The molecule has 1 aliphatic heterocycles. The van der Waals surface area contributed by atoms with E-state index in [4.69, 9.17) is 12.9 Å². The van der Waals surface area contributed by atoms with Gasteiger partial charge in [-0.15, -0.1) is 5.06 Å². The van der Waals surface area contributed by atoms with Gasteiger partial charge in [-0.2, -0.15) is 0 Å². The number of benzene rings is 2. The second kappa shape index (κ2) is 6.06. The lowest BCUT2D eigenvalue weighted by Crippen LogP contribution is -2.34. The number of imide groups is 1. The van der Waals surface area contributed by atoms with Gasteiger partial charge in [0.25, 0.3) is 11.8 Å². The predicted molar refractivity (Wildman–Crippen MR) is 79.1 cm³/mol. The maximum atomic E-state index is 12.3. The van der Waals surface area contributed by atoms with Crippen LogP contribution in [0.25, 0.3) is 0 Å². The van der Waals surface area contributed by atoms with Crippen molar-refractivity contribution in [1.29, 1.82) is 0 Å². The topological polar surface area (TPSA) is 72.9 Å². The number of carbonyl (C=O) groups is 3.